The lowest BCUT2D eigenvalue weighted by molar-refractivity contribution is -0.684. The summed E-state index contributed by atoms with van der Waals surface area (Å²) in [6.07, 6.45) is 5.90. The van der Waals surface area contributed by atoms with E-state index in [0.717, 1.165) is 12.8 Å². The van der Waals surface area contributed by atoms with Gasteiger partial charge in [-0.05, 0) is 30.4 Å². The zero-order chi connectivity index (χ0) is 17.5. The van der Waals surface area contributed by atoms with Crippen LogP contribution in [0.4, 0.5) is 11.4 Å². The standard InChI is InChI=1S/C18H21N3O3/c1-3-14(4-2)15-9-11-20(12-10-15)13-18(22)19-16-7-5-6-8-17(16)21(23)24/h5-12,14H,3-4,13H2,1-2H3/p+1. The first-order valence-corrected chi connectivity index (χ1v) is 8.07. The van der Waals surface area contributed by atoms with E-state index in [0.29, 0.717) is 5.92 Å². The van der Waals surface area contributed by atoms with Gasteiger partial charge in [0.25, 0.3) is 11.6 Å². The van der Waals surface area contributed by atoms with Crippen molar-refractivity contribution in [1.29, 1.82) is 0 Å². The number of nitro benzene ring substituents is 1. The Labute approximate surface area is 141 Å². The summed E-state index contributed by atoms with van der Waals surface area (Å²) in [6, 6.07) is 10.2. The van der Waals surface area contributed by atoms with Crippen molar-refractivity contribution in [3.8, 4) is 0 Å². The van der Waals surface area contributed by atoms with Gasteiger partial charge in [0.15, 0.2) is 12.4 Å². The summed E-state index contributed by atoms with van der Waals surface area (Å²) < 4.78 is 1.76. The molecule has 0 spiro atoms. The fourth-order valence-corrected chi connectivity index (χ4v) is 2.70. The number of carbonyl (C=O) groups is 1. The van der Waals surface area contributed by atoms with Gasteiger partial charge >= 0.3 is 0 Å². The first kappa shape index (κ1) is 17.6. The fourth-order valence-electron chi connectivity index (χ4n) is 2.70. The average Bonchev–Trinajstić information content (AvgIpc) is 2.57. The Morgan fingerprint density at radius 2 is 1.79 bits per heavy atom. The minimum Gasteiger partial charge on any atom is -0.315 e. The number of hydrogen-bond donors (Lipinski definition) is 1. The Morgan fingerprint density at radius 1 is 1.17 bits per heavy atom. The number of nitro groups is 1. The molecule has 1 aromatic heterocycles. The number of anilines is 1. The maximum atomic E-state index is 12.1. The fraction of sp³-hybridized carbons (Fsp3) is 0.333. The SMILES string of the molecule is CCC(CC)c1cc[n+](CC(=O)Nc2ccccc2[N+](=O)[O-])cc1. The lowest BCUT2D eigenvalue weighted by atomic mass is 9.95. The normalized spacial score (nSPS) is 10.6. The number of hydrogen-bond acceptors (Lipinski definition) is 3. The van der Waals surface area contributed by atoms with Gasteiger partial charge in [0, 0.05) is 18.2 Å². The Kier molecular flexibility index (Phi) is 6.01. The van der Waals surface area contributed by atoms with Crippen LogP contribution in [0.1, 0.15) is 38.2 Å². The monoisotopic (exact) mass is 328 g/mol. The zero-order valence-electron chi connectivity index (χ0n) is 13.9. The second kappa shape index (κ2) is 8.19. The molecule has 24 heavy (non-hydrogen) atoms. The summed E-state index contributed by atoms with van der Waals surface area (Å²) >= 11 is 0. The number of benzene rings is 1. The van der Waals surface area contributed by atoms with Crippen LogP contribution in [0.2, 0.25) is 0 Å². The molecule has 1 amide bonds. The average molecular weight is 328 g/mol. The van der Waals surface area contributed by atoms with Crippen molar-refractivity contribution in [2.24, 2.45) is 0 Å². The highest BCUT2D eigenvalue weighted by molar-refractivity contribution is 5.92. The molecule has 1 aromatic carbocycles. The number of nitrogens with one attached hydrogen (secondary N) is 1. The predicted octanol–water partition coefficient (Wildman–Crippen LogP) is 3.42. The molecular weight excluding hydrogens is 306 g/mol. The summed E-state index contributed by atoms with van der Waals surface area (Å²) in [7, 11) is 0. The lowest BCUT2D eigenvalue weighted by Gasteiger charge is -2.11. The predicted molar refractivity (Wildman–Crippen MR) is 91.7 cm³/mol. The highest BCUT2D eigenvalue weighted by Crippen LogP contribution is 2.23. The molecule has 0 atom stereocenters. The number of para-hydroxylation sites is 2. The number of carbonyl (C=O) groups excluding carboxylic acids is 1. The first-order valence-electron chi connectivity index (χ1n) is 8.07. The molecule has 0 saturated carbocycles. The summed E-state index contributed by atoms with van der Waals surface area (Å²) in [5.74, 6) is 0.227. The molecule has 1 N–H and O–H groups in total. The van der Waals surface area contributed by atoms with Crippen molar-refractivity contribution in [1.82, 2.24) is 0 Å². The summed E-state index contributed by atoms with van der Waals surface area (Å²) in [5, 5.41) is 13.6. The van der Waals surface area contributed by atoms with Crippen molar-refractivity contribution in [3.63, 3.8) is 0 Å². The second-order valence-electron chi connectivity index (χ2n) is 5.64. The Hall–Kier alpha value is -2.76. The minimum absolute atomic E-state index is 0.106. The van der Waals surface area contributed by atoms with Gasteiger partial charge in [-0.1, -0.05) is 26.0 Å². The Bertz CT molecular complexity index is 710. The van der Waals surface area contributed by atoms with Crippen LogP contribution in [0.5, 0.6) is 0 Å². The van der Waals surface area contributed by atoms with Crippen molar-refractivity contribution in [2.75, 3.05) is 5.32 Å². The van der Waals surface area contributed by atoms with E-state index >= 15 is 0 Å². The Balaban J connectivity index is 2.04. The summed E-state index contributed by atoms with van der Waals surface area (Å²) in [5.41, 5.74) is 1.36. The van der Waals surface area contributed by atoms with Crippen LogP contribution >= 0.6 is 0 Å². The quantitative estimate of drug-likeness (QED) is 0.480. The Morgan fingerprint density at radius 3 is 2.38 bits per heavy atom. The molecule has 126 valence electrons. The smallest absolute Gasteiger partial charge is 0.292 e. The van der Waals surface area contributed by atoms with Gasteiger partial charge in [-0.3, -0.25) is 14.9 Å². The maximum absolute atomic E-state index is 12.1. The number of aromatic nitrogens is 1. The van der Waals surface area contributed by atoms with Crippen molar-refractivity contribution < 1.29 is 14.3 Å². The van der Waals surface area contributed by atoms with E-state index in [1.165, 1.54) is 17.7 Å². The van der Waals surface area contributed by atoms with Crippen LogP contribution in [-0.2, 0) is 11.3 Å². The molecular formula is C18H22N3O3+. The molecule has 0 aliphatic heterocycles. The molecule has 6 nitrogen and oxygen atoms in total. The molecule has 0 unspecified atom stereocenters. The molecule has 2 aromatic rings. The molecule has 0 saturated heterocycles. The van der Waals surface area contributed by atoms with E-state index in [1.807, 2.05) is 24.5 Å². The number of rotatable bonds is 7. The zero-order valence-corrected chi connectivity index (χ0v) is 13.9. The van der Waals surface area contributed by atoms with Gasteiger partial charge in [0.2, 0.25) is 6.54 Å². The van der Waals surface area contributed by atoms with Crippen molar-refractivity contribution in [2.45, 2.75) is 39.2 Å². The highest BCUT2D eigenvalue weighted by Gasteiger charge is 2.17. The van der Waals surface area contributed by atoms with Crippen molar-refractivity contribution in [3.05, 3.63) is 64.5 Å². The van der Waals surface area contributed by atoms with E-state index in [4.69, 9.17) is 0 Å². The minimum atomic E-state index is -0.507. The maximum Gasteiger partial charge on any atom is 0.292 e. The molecule has 0 fully saturated rings. The van der Waals surface area contributed by atoms with Gasteiger partial charge < -0.3 is 5.32 Å². The van der Waals surface area contributed by atoms with E-state index in [1.54, 1.807) is 16.7 Å². The van der Waals surface area contributed by atoms with Gasteiger partial charge in [-0.25, -0.2) is 0 Å². The van der Waals surface area contributed by atoms with E-state index < -0.39 is 4.92 Å². The number of amides is 1. The van der Waals surface area contributed by atoms with E-state index in [2.05, 4.69) is 19.2 Å². The van der Waals surface area contributed by atoms with Crippen LogP contribution in [0.25, 0.3) is 0 Å². The molecule has 0 aliphatic rings. The summed E-state index contributed by atoms with van der Waals surface area (Å²) in [4.78, 5) is 22.6. The second-order valence-corrected chi connectivity index (χ2v) is 5.64. The van der Waals surface area contributed by atoms with Crippen LogP contribution in [0.3, 0.4) is 0 Å². The molecule has 1 heterocycles. The van der Waals surface area contributed by atoms with Gasteiger partial charge in [0.1, 0.15) is 5.69 Å². The summed E-state index contributed by atoms with van der Waals surface area (Å²) in [6.45, 7) is 4.43. The molecule has 2 rings (SSSR count). The van der Waals surface area contributed by atoms with Crippen molar-refractivity contribution >= 4 is 17.3 Å². The first-order chi connectivity index (χ1) is 11.5. The molecule has 6 heteroatoms. The molecule has 0 aliphatic carbocycles. The topological polar surface area (TPSA) is 76.1 Å². The van der Waals surface area contributed by atoms with Gasteiger partial charge in [-0.15, -0.1) is 0 Å². The highest BCUT2D eigenvalue weighted by atomic mass is 16.6. The largest absolute Gasteiger partial charge is 0.315 e. The van der Waals surface area contributed by atoms with Gasteiger partial charge in [-0.2, -0.15) is 4.57 Å². The van der Waals surface area contributed by atoms with E-state index in [9.17, 15) is 14.9 Å². The van der Waals surface area contributed by atoms with Crippen LogP contribution in [-0.4, -0.2) is 10.8 Å². The number of nitrogens with zero attached hydrogens (tertiary/aromatic N) is 2. The molecule has 0 bridgehead atoms. The number of pyridine rings is 1. The third-order valence-electron chi connectivity index (χ3n) is 4.07. The third-order valence-corrected chi connectivity index (χ3v) is 4.07. The van der Waals surface area contributed by atoms with Crippen LogP contribution in [0, 0.1) is 10.1 Å². The van der Waals surface area contributed by atoms with E-state index in [-0.39, 0.29) is 23.8 Å². The van der Waals surface area contributed by atoms with Crippen LogP contribution in [0.15, 0.2) is 48.8 Å². The van der Waals surface area contributed by atoms with Gasteiger partial charge in [0.05, 0.1) is 4.92 Å². The van der Waals surface area contributed by atoms with Crippen LogP contribution < -0.4 is 9.88 Å². The molecule has 0 radical (unpaired) electrons. The lowest BCUT2D eigenvalue weighted by Crippen LogP contribution is -2.39. The third kappa shape index (κ3) is 4.38.